The Kier molecular flexibility index (Phi) is 11.1. The maximum atomic E-state index is 15.2. The lowest BCUT2D eigenvalue weighted by Gasteiger charge is -2.39. The van der Waals surface area contributed by atoms with Gasteiger partial charge in [-0.15, -0.1) is 0 Å². The van der Waals surface area contributed by atoms with Crippen LogP contribution in [0.3, 0.4) is 0 Å². The van der Waals surface area contributed by atoms with Crippen LogP contribution in [0.5, 0.6) is 0 Å². The topological polar surface area (TPSA) is 93.6 Å². The van der Waals surface area contributed by atoms with Gasteiger partial charge < -0.3 is 9.80 Å². The van der Waals surface area contributed by atoms with Gasteiger partial charge in [-0.1, -0.05) is 74.4 Å². The smallest absolute Gasteiger partial charge is 0.326 e. The largest absolute Gasteiger partial charge is 0.339 e. The molecule has 0 bridgehead atoms. The van der Waals surface area contributed by atoms with Crippen LogP contribution in [0.1, 0.15) is 86.7 Å². The molecule has 3 unspecified atom stereocenters. The number of urea groups is 1. The number of rotatable bonds is 10. The van der Waals surface area contributed by atoms with Gasteiger partial charge >= 0.3 is 6.03 Å². The minimum Gasteiger partial charge on any atom is -0.339 e. The van der Waals surface area contributed by atoms with Crippen LogP contribution in [0.2, 0.25) is 5.02 Å². The van der Waals surface area contributed by atoms with E-state index in [1.54, 1.807) is 24.1 Å². The lowest BCUT2D eigenvalue weighted by Crippen LogP contribution is -2.55. The van der Waals surface area contributed by atoms with Gasteiger partial charge in [-0.2, -0.15) is 0 Å². The van der Waals surface area contributed by atoms with Crippen molar-refractivity contribution in [3.05, 3.63) is 109 Å². The molecule has 2 aliphatic heterocycles. The summed E-state index contributed by atoms with van der Waals surface area (Å²) in [6.07, 6.45) is 5.82. The second-order valence-electron chi connectivity index (χ2n) is 15.0. The number of halogens is 2. The van der Waals surface area contributed by atoms with E-state index < -0.39 is 22.1 Å². The van der Waals surface area contributed by atoms with E-state index in [2.05, 4.69) is 35.6 Å². The summed E-state index contributed by atoms with van der Waals surface area (Å²) in [6, 6.07) is 19.9. The van der Waals surface area contributed by atoms with Gasteiger partial charge in [-0.25, -0.2) is 17.5 Å². The van der Waals surface area contributed by atoms with Gasteiger partial charge in [0.05, 0.1) is 10.9 Å². The second-order valence-corrected chi connectivity index (χ2v) is 18.8. The second kappa shape index (κ2) is 15.5. The van der Waals surface area contributed by atoms with E-state index >= 15 is 4.79 Å². The number of amides is 3. The van der Waals surface area contributed by atoms with Gasteiger partial charge in [-0.3, -0.25) is 14.7 Å². The van der Waals surface area contributed by atoms with E-state index in [0.29, 0.717) is 49.1 Å². The van der Waals surface area contributed by atoms with Crippen LogP contribution in [-0.2, 0) is 14.8 Å². The highest BCUT2D eigenvalue weighted by atomic mass is 127. The standard InChI is InChI=1S/C41H47ClIN5O4S/c1-5-27-12-18-34(27)35-19-17-33(53(51,52)45(4)25-26(2)3)24-36(35)39-44-37(28-8-13-31(42)14-9-28)38(29-10-15-32(43)16-11-29)48(39)41(50)47-22-20-46(21-23-47)40(49)30-6-7-30/h8-17,19,24,26,30,34,37-38H,5-7,18,20-23,25H2,1-4H3. The molecule has 1 saturated carbocycles. The number of piperazine rings is 1. The van der Waals surface area contributed by atoms with Crippen molar-refractivity contribution in [2.24, 2.45) is 16.8 Å². The summed E-state index contributed by atoms with van der Waals surface area (Å²) in [6.45, 7) is 8.26. The lowest BCUT2D eigenvalue weighted by atomic mass is 9.76. The molecule has 2 heterocycles. The van der Waals surface area contributed by atoms with Crippen LogP contribution in [0.25, 0.3) is 0 Å². The van der Waals surface area contributed by atoms with Crippen molar-refractivity contribution in [3.63, 3.8) is 0 Å². The molecule has 3 aromatic rings. The van der Waals surface area contributed by atoms with Gasteiger partial charge in [-0.05, 0) is 107 Å². The molecule has 3 atom stereocenters. The maximum Gasteiger partial charge on any atom is 0.326 e. The quantitative estimate of drug-likeness (QED) is 0.152. The van der Waals surface area contributed by atoms with E-state index in [9.17, 15) is 13.2 Å². The third-order valence-corrected chi connectivity index (χ3v) is 13.7. The Bertz CT molecular complexity index is 2040. The molecule has 12 heteroatoms. The minimum absolute atomic E-state index is 0.0862. The first-order valence-electron chi connectivity index (χ1n) is 18.6. The number of nitrogens with zero attached hydrogens (tertiary/aromatic N) is 5. The van der Waals surface area contributed by atoms with E-state index in [1.165, 1.54) is 9.88 Å². The Labute approximate surface area is 332 Å². The van der Waals surface area contributed by atoms with Crippen LogP contribution in [0, 0.1) is 15.4 Å². The third kappa shape index (κ3) is 7.68. The highest BCUT2D eigenvalue weighted by molar-refractivity contribution is 14.1. The average molecular weight is 868 g/mol. The fourth-order valence-corrected chi connectivity index (χ4v) is 9.67. The van der Waals surface area contributed by atoms with Gasteiger partial charge in [0.15, 0.2) is 0 Å². The van der Waals surface area contributed by atoms with Crippen LogP contribution >= 0.6 is 34.2 Å². The van der Waals surface area contributed by atoms with Crippen molar-refractivity contribution in [2.75, 3.05) is 39.8 Å². The summed E-state index contributed by atoms with van der Waals surface area (Å²) < 4.78 is 30.7. The number of allylic oxidation sites excluding steroid dienone is 2. The molecule has 2 aliphatic carbocycles. The van der Waals surface area contributed by atoms with Crippen molar-refractivity contribution in [1.29, 1.82) is 0 Å². The fourth-order valence-electron chi connectivity index (χ4n) is 7.82. The summed E-state index contributed by atoms with van der Waals surface area (Å²) >= 11 is 8.66. The molecule has 2 fully saturated rings. The van der Waals surface area contributed by atoms with Crippen molar-refractivity contribution in [2.45, 2.75) is 69.4 Å². The lowest BCUT2D eigenvalue weighted by molar-refractivity contribution is -0.134. The summed E-state index contributed by atoms with van der Waals surface area (Å²) in [5.74, 6) is 0.988. The number of benzene rings is 3. The molecule has 0 N–H and O–H groups in total. The van der Waals surface area contributed by atoms with E-state index in [-0.39, 0.29) is 34.6 Å². The first-order valence-corrected chi connectivity index (χ1v) is 21.5. The predicted molar refractivity (Wildman–Crippen MR) is 218 cm³/mol. The van der Waals surface area contributed by atoms with Gasteiger partial charge in [0.25, 0.3) is 0 Å². The molecule has 1 saturated heterocycles. The maximum absolute atomic E-state index is 15.2. The molecule has 3 aromatic carbocycles. The highest BCUT2D eigenvalue weighted by Crippen LogP contribution is 2.47. The zero-order valence-corrected chi connectivity index (χ0v) is 34.4. The summed E-state index contributed by atoms with van der Waals surface area (Å²) in [5.41, 5.74) is 4.71. The Morgan fingerprint density at radius 3 is 2.17 bits per heavy atom. The molecule has 4 aliphatic rings. The first-order chi connectivity index (χ1) is 25.4. The fraction of sp³-hybridized carbons (Fsp3) is 0.439. The summed E-state index contributed by atoms with van der Waals surface area (Å²) in [7, 11) is -2.24. The highest BCUT2D eigenvalue weighted by Gasteiger charge is 2.46. The Hall–Kier alpha value is -3.26. The molecular weight excluding hydrogens is 821 g/mol. The van der Waals surface area contributed by atoms with Crippen molar-refractivity contribution in [1.82, 2.24) is 19.0 Å². The average Bonchev–Trinajstić information content (AvgIpc) is 3.91. The van der Waals surface area contributed by atoms with Crippen molar-refractivity contribution < 1.29 is 18.0 Å². The Morgan fingerprint density at radius 1 is 0.943 bits per heavy atom. The van der Waals surface area contributed by atoms with Crippen molar-refractivity contribution >= 4 is 62.0 Å². The van der Waals surface area contributed by atoms with Gasteiger partial charge in [0.2, 0.25) is 15.9 Å². The van der Waals surface area contributed by atoms with Crippen LogP contribution in [-0.4, -0.2) is 85.0 Å². The molecule has 7 rings (SSSR count). The molecule has 0 spiro atoms. The van der Waals surface area contributed by atoms with Crippen LogP contribution < -0.4 is 0 Å². The normalized spacial score (nSPS) is 21.9. The molecule has 0 aromatic heterocycles. The number of carbonyl (C=O) groups is 2. The summed E-state index contributed by atoms with van der Waals surface area (Å²) in [4.78, 5) is 39.3. The number of hydrogen-bond acceptors (Lipinski definition) is 5. The number of amidine groups is 1. The molecule has 280 valence electrons. The zero-order chi connectivity index (χ0) is 37.6. The zero-order valence-electron chi connectivity index (χ0n) is 30.7. The van der Waals surface area contributed by atoms with E-state index in [1.807, 2.05) is 78.2 Å². The first kappa shape index (κ1) is 38.0. The van der Waals surface area contributed by atoms with Gasteiger partial charge in [0, 0.05) is 65.8 Å². The van der Waals surface area contributed by atoms with E-state index in [4.69, 9.17) is 16.6 Å². The van der Waals surface area contributed by atoms with E-state index in [0.717, 1.165) is 45.9 Å². The Morgan fingerprint density at radius 2 is 1.58 bits per heavy atom. The number of sulfonamides is 1. The molecule has 0 radical (unpaired) electrons. The minimum atomic E-state index is -3.85. The van der Waals surface area contributed by atoms with Crippen LogP contribution in [0.4, 0.5) is 4.79 Å². The molecule has 53 heavy (non-hydrogen) atoms. The third-order valence-electron chi connectivity index (χ3n) is 10.9. The van der Waals surface area contributed by atoms with Crippen LogP contribution in [0.15, 0.2) is 88.3 Å². The predicted octanol–water partition coefficient (Wildman–Crippen LogP) is 8.26. The van der Waals surface area contributed by atoms with Gasteiger partial charge in [0.1, 0.15) is 11.9 Å². The number of hydrogen-bond donors (Lipinski definition) is 0. The van der Waals surface area contributed by atoms with Crippen molar-refractivity contribution in [3.8, 4) is 0 Å². The Balaban J connectivity index is 1.39. The molecule has 9 nitrogen and oxygen atoms in total. The number of aliphatic imine (C=N–C) groups is 1. The summed E-state index contributed by atoms with van der Waals surface area (Å²) in [5, 5.41) is 0.600. The molecule has 3 amide bonds. The molecular formula is C41H47ClIN5O4S. The monoisotopic (exact) mass is 867 g/mol. The SMILES string of the molecule is CCC1=CCC1c1ccc(S(=O)(=O)N(C)CC(C)C)cc1C1=NC(c2ccc(Cl)cc2)C(c2ccc(I)cc2)N1C(=O)N1CCN(C(=O)C2CC2)CC1. The number of carbonyl (C=O) groups excluding carboxylic acids is 2.